The Morgan fingerprint density at radius 2 is 0.903 bits per heavy atom. The van der Waals surface area contributed by atoms with E-state index in [4.69, 9.17) is 4.74 Å². The van der Waals surface area contributed by atoms with Crippen LogP contribution in [0.25, 0.3) is 12.2 Å². The fourth-order valence-electron chi connectivity index (χ4n) is 3.60. The highest BCUT2D eigenvalue weighted by Gasteiger charge is 1.98. The third-order valence-corrected chi connectivity index (χ3v) is 5.57. The van der Waals surface area contributed by atoms with Crippen molar-refractivity contribution in [2.24, 2.45) is 0 Å². The molecule has 0 bridgehead atoms. The van der Waals surface area contributed by atoms with Gasteiger partial charge < -0.3 is 4.74 Å². The molecule has 168 valence electrons. The molecule has 0 aliphatic rings. The molecular formula is C30H42O. The summed E-state index contributed by atoms with van der Waals surface area (Å²) in [5.74, 6) is 1.76. The smallest absolute Gasteiger partial charge is 0.127 e. The molecule has 2 aromatic carbocycles. The lowest BCUT2D eigenvalue weighted by Gasteiger charge is -2.06. The number of hydrogen-bond acceptors (Lipinski definition) is 1. The average molecular weight is 419 g/mol. The van der Waals surface area contributed by atoms with Crippen molar-refractivity contribution in [1.82, 2.24) is 0 Å². The number of ether oxygens (including phenoxy) is 1. The molecular weight excluding hydrogens is 376 g/mol. The summed E-state index contributed by atoms with van der Waals surface area (Å²) in [6.45, 7) is 4.52. The Hall–Kier alpha value is -2.28. The number of hydrogen-bond donors (Lipinski definition) is 0. The summed E-state index contributed by atoms with van der Waals surface area (Å²) in [5, 5.41) is 0. The first-order chi connectivity index (χ1) is 15.3. The molecule has 0 saturated heterocycles. The molecule has 31 heavy (non-hydrogen) atoms. The minimum absolute atomic E-state index is 0.882. The number of rotatable bonds is 16. The van der Waals surface area contributed by atoms with E-state index in [1.807, 2.05) is 24.3 Å². The molecule has 0 aliphatic heterocycles. The number of benzene rings is 2. The van der Waals surface area contributed by atoms with Crippen molar-refractivity contribution in [2.75, 3.05) is 0 Å². The fraction of sp³-hybridized carbons (Fsp3) is 0.467. The first kappa shape index (κ1) is 25.0. The van der Waals surface area contributed by atoms with Crippen molar-refractivity contribution in [1.29, 1.82) is 0 Å². The SMILES string of the molecule is CCCCCCCC=Cc1ccc(Oc2ccc(C=CCCCCCCC)cc2)cc1. The van der Waals surface area contributed by atoms with Crippen LogP contribution in [-0.4, -0.2) is 0 Å². The van der Waals surface area contributed by atoms with E-state index < -0.39 is 0 Å². The van der Waals surface area contributed by atoms with E-state index >= 15 is 0 Å². The highest BCUT2D eigenvalue weighted by atomic mass is 16.5. The number of unbranched alkanes of at least 4 members (excludes halogenated alkanes) is 10. The van der Waals surface area contributed by atoms with Gasteiger partial charge in [0.2, 0.25) is 0 Å². The largest absolute Gasteiger partial charge is 0.457 e. The van der Waals surface area contributed by atoms with E-state index in [9.17, 15) is 0 Å². The molecule has 0 atom stereocenters. The molecule has 0 N–H and O–H groups in total. The minimum Gasteiger partial charge on any atom is -0.457 e. The van der Waals surface area contributed by atoms with Gasteiger partial charge in [-0.2, -0.15) is 0 Å². The van der Waals surface area contributed by atoms with E-state index in [0.29, 0.717) is 0 Å². The molecule has 2 rings (SSSR count). The second-order valence-corrected chi connectivity index (χ2v) is 8.45. The summed E-state index contributed by atoms with van der Waals surface area (Å²) in [7, 11) is 0. The first-order valence-corrected chi connectivity index (χ1v) is 12.5. The Balaban J connectivity index is 1.70. The van der Waals surface area contributed by atoms with Gasteiger partial charge >= 0.3 is 0 Å². The third-order valence-electron chi connectivity index (χ3n) is 5.57. The van der Waals surface area contributed by atoms with Crippen LogP contribution in [0.1, 0.15) is 102 Å². The van der Waals surface area contributed by atoms with Crippen LogP contribution >= 0.6 is 0 Å². The molecule has 2 aromatic rings. The molecule has 1 heteroatoms. The molecule has 0 aliphatic carbocycles. The molecule has 0 saturated carbocycles. The lowest BCUT2D eigenvalue weighted by Crippen LogP contribution is -1.84. The summed E-state index contributed by atoms with van der Waals surface area (Å²) >= 11 is 0. The number of allylic oxidation sites excluding steroid dienone is 2. The highest BCUT2D eigenvalue weighted by Crippen LogP contribution is 2.23. The normalized spacial score (nSPS) is 11.5. The lowest BCUT2D eigenvalue weighted by atomic mass is 10.1. The zero-order chi connectivity index (χ0) is 22.0. The van der Waals surface area contributed by atoms with Gasteiger partial charge in [0, 0.05) is 0 Å². The summed E-state index contributed by atoms with van der Waals surface area (Å²) < 4.78 is 6.00. The summed E-state index contributed by atoms with van der Waals surface area (Å²) in [6.07, 6.45) is 24.7. The van der Waals surface area contributed by atoms with E-state index in [-0.39, 0.29) is 0 Å². The van der Waals surface area contributed by atoms with Crippen molar-refractivity contribution in [3.8, 4) is 11.5 Å². The van der Waals surface area contributed by atoms with Gasteiger partial charge in [-0.1, -0.05) is 114 Å². The molecule has 0 aromatic heterocycles. The van der Waals surface area contributed by atoms with Crippen molar-refractivity contribution in [3.63, 3.8) is 0 Å². The van der Waals surface area contributed by atoms with Crippen molar-refractivity contribution in [3.05, 3.63) is 71.8 Å². The van der Waals surface area contributed by atoms with E-state index in [2.05, 4.69) is 62.4 Å². The van der Waals surface area contributed by atoms with Crippen LogP contribution in [0.15, 0.2) is 60.7 Å². The Morgan fingerprint density at radius 1 is 0.516 bits per heavy atom. The quantitative estimate of drug-likeness (QED) is 0.246. The van der Waals surface area contributed by atoms with Crippen molar-refractivity contribution in [2.45, 2.75) is 90.9 Å². The van der Waals surface area contributed by atoms with Crippen LogP contribution in [-0.2, 0) is 0 Å². The van der Waals surface area contributed by atoms with Gasteiger partial charge in [0.25, 0.3) is 0 Å². The Morgan fingerprint density at radius 3 is 1.29 bits per heavy atom. The maximum atomic E-state index is 6.00. The first-order valence-electron chi connectivity index (χ1n) is 12.5. The van der Waals surface area contributed by atoms with Crippen LogP contribution in [0.3, 0.4) is 0 Å². The lowest BCUT2D eigenvalue weighted by molar-refractivity contribution is 0.482. The van der Waals surface area contributed by atoms with Crippen LogP contribution in [0, 0.1) is 0 Å². The standard InChI is InChI=1S/C30H42O/c1-3-5-7-9-11-13-15-17-27-19-23-29(24-20-27)31-30-25-21-28(22-26-30)18-16-14-12-10-8-6-4-2/h15-26H,3-14H2,1-2H3. The van der Waals surface area contributed by atoms with E-state index in [1.54, 1.807) is 0 Å². The second kappa shape index (κ2) is 16.4. The maximum absolute atomic E-state index is 6.00. The van der Waals surface area contributed by atoms with Gasteiger partial charge in [0.1, 0.15) is 11.5 Å². The van der Waals surface area contributed by atoms with E-state index in [0.717, 1.165) is 11.5 Å². The maximum Gasteiger partial charge on any atom is 0.127 e. The van der Waals surface area contributed by atoms with Crippen LogP contribution in [0.4, 0.5) is 0 Å². The topological polar surface area (TPSA) is 9.23 Å². The molecule has 0 amide bonds. The highest BCUT2D eigenvalue weighted by molar-refractivity contribution is 5.52. The Labute approximate surface area is 191 Å². The van der Waals surface area contributed by atoms with Gasteiger partial charge in [0.15, 0.2) is 0 Å². The van der Waals surface area contributed by atoms with Crippen LogP contribution in [0.5, 0.6) is 11.5 Å². The van der Waals surface area contributed by atoms with E-state index in [1.165, 1.54) is 88.2 Å². The van der Waals surface area contributed by atoms with Crippen LogP contribution in [0.2, 0.25) is 0 Å². The Bertz CT molecular complexity index is 671. The summed E-state index contributed by atoms with van der Waals surface area (Å²) in [6, 6.07) is 16.7. The third kappa shape index (κ3) is 11.6. The molecule has 1 nitrogen and oxygen atoms in total. The summed E-state index contributed by atoms with van der Waals surface area (Å²) in [4.78, 5) is 0. The van der Waals surface area contributed by atoms with Crippen molar-refractivity contribution < 1.29 is 4.74 Å². The Kier molecular flexibility index (Phi) is 13.2. The monoisotopic (exact) mass is 418 g/mol. The predicted molar refractivity (Wildman–Crippen MR) is 138 cm³/mol. The molecule has 0 fully saturated rings. The van der Waals surface area contributed by atoms with Gasteiger partial charge in [-0.05, 0) is 61.1 Å². The average Bonchev–Trinajstić information content (AvgIpc) is 2.80. The molecule has 0 radical (unpaired) electrons. The zero-order valence-corrected chi connectivity index (χ0v) is 19.8. The second-order valence-electron chi connectivity index (χ2n) is 8.45. The molecule has 0 unspecified atom stereocenters. The molecule has 0 heterocycles. The van der Waals surface area contributed by atoms with Crippen molar-refractivity contribution >= 4 is 12.2 Å². The predicted octanol–water partition coefficient (Wildman–Crippen LogP) is 10.2. The van der Waals surface area contributed by atoms with Crippen LogP contribution < -0.4 is 4.74 Å². The minimum atomic E-state index is 0.882. The van der Waals surface area contributed by atoms with Gasteiger partial charge in [-0.25, -0.2) is 0 Å². The van der Waals surface area contributed by atoms with Gasteiger partial charge in [0.05, 0.1) is 0 Å². The fourth-order valence-corrected chi connectivity index (χ4v) is 3.60. The zero-order valence-electron chi connectivity index (χ0n) is 19.8. The van der Waals surface area contributed by atoms with Gasteiger partial charge in [-0.3, -0.25) is 0 Å². The molecule has 0 spiro atoms. The summed E-state index contributed by atoms with van der Waals surface area (Å²) in [5.41, 5.74) is 2.46. The van der Waals surface area contributed by atoms with Gasteiger partial charge in [-0.15, -0.1) is 0 Å².